The van der Waals surface area contributed by atoms with E-state index in [-0.39, 0.29) is 11.5 Å². The van der Waals surface area contributed by atoms with Gasteiger partial charge in [-0.2, -0.15) is 10.4 Å². The minimum absolute atomic E-state index is 0.0637. The van der Waals surface area contributed by atoms with Crippen molar-refractivity contribution in [1.29, 1.82) is 5.26 Å². The van der Waals surface area contributed by atoms with E-state index < -0.39 is 0 Å². The number of nitriles is 1. The van der Waals surface area contributed by atoms with Gasteiger partial charge in [-0.05, 0) is 17.9 Å². The smallest absolute Gasteiger partial charge is 0.0697 e. The third-order valence-electron chi connectivity index (χ3n) is 2.33. The van der Waals surface area contributed by atoms with Gasteiger partial charge in [-0.15, -0.1) is 0 Å². The van der Waals surface area contributed by atoms with Crippen molar-refractivity contribution >= 4 is 0 Å². The molecular weight excluding hydrogens is 198 g/mol. The monoisotopic (exact) mass is 221 g/mol. The van der Waals surface area contributed by atoms with Gasteiger partial charge in [0.2, 0.25) is 0 Å². The Balaban J connectivity index is 0.00000106. The molecule has 90 valence electrons. The summed E-state index contributed by atoms with van der Waals surface area (Å²) in [6.07, 6.45) is 4.33. The molecule has 0 fully saturated rings. The maximum absolute atomic E-state index is 8.78. The van der Waals surface area contributed by atoms with Crippen LogP contribution in [0, 0.1) is 23.7 Å². The molecule has 1 heterocycles. The first kappa shape index (κ1) is 14.7. The molecule has 0 radical (unpaired) electrons. The summed E-state index contributed by atoms with van der Waals surface area (Å²) in [7, 11) is 0. The lowest BCUT2D eigenvalue weighted by molar-refractivity contribution is 0.228. The zero-order valence-electron chi connectivity index (χ0n) is 11.3. The molecule has 3 heteroatoms. The van der Waals surface area contributed by atoms with E-state index in [1.54, 1.807) is 0 Å². The van der Waals surface area contributed by atoms with Crippen LogP contribution in [0.3, 0.4) is 0 Å². The van der Waals surface area contributed by atoms with Gasteiger partial charge in [0.05, 0.1) is 24.7 Å². The van der Waals surface area contributed by atoms with Gasteiger partial charge in [-0.1, -0.05) is 34.6 Å². The predicted octanol–water partition coefficient (Wildman–Crippen LogP) is 3.72. The fourth-order valence-corrected chi connectivity index (χ4v) is 1.49. The summed E-state index contributed by atoms with van der Waals surface area (Å²) in [6, 6.07) is 2.38. The molecule has 1 aromatic rings. The summed E-state index contributed by atoms with van der Waals surface area (Å²) in [5.41, 5.74) is 1.20. The van der Waals surface area contributed by atoms with E-state index in [1.807, 2.05) is 37.8 Å². The average molecular weight is 221 g/mol. The molecule has 0 N–H and O–H groups in total. The van der Waals surface area contributed by atoms with E-state index in [4.69, 9.17) is 5.26 Å². The normalized spacial score (nSPS) is 12.3. The van der Waals surface area contributed by atoms with Crippen molar-refractivity contribution in [2.75, 3.05) is 0 Å². The van der Waals surface area contributed by atoms with Crippen LogP contribution in [-0.4, -0.2) is 9.78 Å². The van der Waals surface area contributed by atoms with E-state index in [1.165, 1.54) is 0 Å². The van der Waals surface area contributed by atoms with Crippen LogP contribution in [0.5, 0.6) is 0 Å². The molecule has 0 amide bonds. The van der Waals surface area contributed by atoms with Crippen molar-refractivity contribution in [3.63, 3.8) is 0 Å². The molecule has 0 aliphatic carbocycles. The van der Waals surface area contributed by atoms with Crippen LogP contribution < -0.4 is 0 Å². The maximum Gasteiger partial charge on any atom is 0.0697 e. The zero-order chi connectivity index (χ0) is 12.8. The number of aryl methyl sites for hydroxylation is 1. The number of aromatic nitrogens is 2. The van der Waals surface area contributed by atoms with Gasteiger partial charge in [0.25, 0.3) is 0 Å². The predicted molar refractivity (Wildman–Crippen MR) is 67.0 cm³/mol. The Labute approximate surface area is 99.1 Å². The molecular formula is C13H23N3. The lowest BCUT2D eigenvalue weighted by Gasteiger charge is -2.28. The van der Waals surface area contributed by atoms with E-state index >= 15 is 0 Å². The van der Waals surface area contributed by atoms with Crippen LogP contribution in [0.2, 0.25) is 0 Å². The topological polar surface area (TPSA) is 41.6 Å². The van der Waals surface area contributed by atoms with Gasteiger partial charge < -0.3 is 0 Å². The first-order valence-electron chi connectivity index (χ1n) is 5.83. The molecule has 1 aromatic heterocycles. The Kier molecular flexibility index (Phi) is 5.81. The third-order valence-corrected chi connectivity index (χ3v) is 2.33. The second-order valence-corrected chi connectivity index (χ2v) is 4.74. The number of hydrogen-bond acceptors (Lipinski definition) is 2. The molecule has 0 spiro atoms. The van der Waals surface area contributed by atoms with Crippen LogP contribution in [0.1, 0.15) is 52.6 Å². The van der Waals surface area contributed by atoms with Gasteiger partial charge in [0, 0.05) is 6.20 Å². The fraction of sp³-hybridized carbons (Fsp3) is 0.692. The summed E-state index contributed by atoms with van der Waals surface area (Å²) in [5, 5.41) is 13.0. The van der Waals surface area contributed by atoms with E-state index in [9.17, 15) is 0 Å². The Morgan fingerprint density at radius 2 is 2.00 bits per heavy atom. The van der Waals surface area contributed by atoms with E-state index in [0.717, 1.165) is 5.56 Å². The molecule has 0 bridgehead atoms. The van der Waals surface area contributed by atoms with Crippen LogP contribution in [0.15, 0.2) is 12.4 Å². The van der Waals surface area contributed by atoms with Crippen molar-refractivity contribution in [2.24, 2.45) is 5.41 Å². The van der Waals surface area contributed by atoms with Crippen molar-refractivity contribution < 1.29 is 0 Å². The first-order chi connectivity index (χ1) is 7.45. The Hall–Kier alpha value is -1.30. The minimum Gasteiger partial charge on any atom is -0.268 e. The average Bonchev–Trinajstić information content (AvgIpc) is 2.62. The van der Waals surface area contributed by atoms with Crippen LogP contribution in [-0.2, 0) is 0 Å². The summed E-state index contributed by atoms with van der Waals surface area (Å²) in [6.45, 7) is 12.4. The summed E-state index contributed by atoms with van der Waals surface area (Å²) >= 11 is 0. The molecule has 1 atom stereocenters. The molecule has 1 unspecified atom stereocenters. The standard InChI is InChI=1S/C11H17N3.C2H6/c1-9-7-13-14(8-9)10(5-6-12)11(2,3)4;1-2/h7-8,10H,5H2,1-4H3;1-2H3. The quantitative estimate of drug-likeness (QED) is 0.763. The summed E-state index contributed by atoms with van der Waals surface area (Å²) < 4.78 is 1.90. The second kappa shape index (κ2) is 6.32. The molecule has 16 heavy (non-hydrogen) atoms. The van der Waals surface area contributed by atoms with Crippen molar-refractivity contribution in [3.05, 3.63) is 18.0 Å². The Morgan fingerprint density at radius 1 is 1.44 bits per heavy atom. The van der Waals surface area contributed by atoms with Gasteiger partial charge in [-0.25, -0.2) is 0 Å². The fourth-order valence-electron chi connectivity index (χ4n) is 1.49. The molecule has 0 aliphatic heterocycles. The molecule has 3 nitrogen and oxygen atoms in total. The lowest BCUT2D eigenvalue weighted by Crippen LogP contribution is -2.24. The number of hydrogen-bond donors (Lipinski definition) is 0. The summed E-state index contributed by atoms with van der Waals surface area (Å²) in [5.74, 6) is 0. The van der Waals surface area contributed by atoms with Crippen molar-refractivity contribution in [3.8, 4) is 6.07 Å². The Morgan fingerprint density at radius 3 is 2.31 bits per heavy atom. The molecule has 0 aliphatic rings. The number of nitrogens with zero attached hydrogens (tertiary/aromatic N) is 3. The van der Waals surface area contributed by atoms with Gasteiger partial charge >= 0.3 is 0 Å². The number of rotatable bonds is 2. The first-order valence-corrected chi connectivity index (χ1v) is 5.83. The minimum atomic E-state index is 0.0637. The van der Waals surface area contributed by atoms with Crippen LogP contribution >= 0.6 is 0 Å². The van der Waals surface area contributed by atoms with Gasteiger partial charge in [0.15, 0.2) is 0 Å². The van der Waals surface area contributed by atoms with E-state index in [2.05, 4.69) is 31.9 Å². The van der Waals surface area contributed by atoms with Crippen molar-refractivity contribution in [1.82, 2.24) is 9.78 Å². The molecule has 0 aromatic carbocycles. The molecule has 0 saturated heterocycles. The van der Waals surface area contributed by atoms with Gasteiger partial charge in [0.1, 0.15) is 0 Å². The lowest BCUT2D eigenvalue weighted by atomic mass is 9.85. The van der Waals surface area contributed by atoms with Crippen LogP contribution in [0.25, 0.3) is 0 Å². The second-order valence-electron chi connectivity index (χ2n) is 4.74. The van der Waals surface area contributed by atoms with Crippen LogP contribution in [0.4, 0.5) is 0 Å². The zero-order valence-corrected chi connectivity index (χ0v) is 11.3. The largest absolute Gasteiger partial charge is 0.268 e. The highest BCUT2D eigenvalue weighted by molar-refractivity contribution is 5.02. The highest BCUT2D eigenvalue weighted by Crippen LogP contribution is 2.32. The van der Waals surface area contributed by atoms with Gasteiger partial charge in [-0.3, -0.25) is 4.68 Å². The molecule has 1 rings (SSSR count). The highest BCUT2D eigenvalue weighted by atomic mass is 15.3. The highest BCUT2D eigenvalue weighted by Gasteiger charge is 2.26. The molecule has 0 saturated carbocycles. The maximum atomic E-state index is 8.78. The van der Waals surface area contributed by atoms with Crippen molar-refractivity contribution in [2.45, 2.75) is 54.0 Å². The third kappa shape index (κ3) is 4.06. The SMILES string of the molecule is CC.Cc1cnn(C(CC#N)C(C)(C)C)c1. The summed E-state index contributed by atoms with van der Waals surface area (Å²) in [4.78, 5) is 0. The Bertz CT molecular complexity index is 339. The van der Waals surface area contributed by atoms with E-state index in [0.29, 0.717) is 6.42 Å².